The summed E-state index contributed by atoms with van der Waals surface area (Å²) in [5, 5.41) is 3.56. The third-order valence-corrected chi connectivity index (χ3v) is 3.50. The molecule has 2 rings (SSSR count). The van der Waals surface area contributed by atoms with E-state index in [1.807, 2.05) is 18.2 Å². The predicted molar refractivity (Wildman–Crippen MR) is 68.6 cm³/mol. The first-order valence-corrected chi connectivity index (χ1v) is 6.53. The lowest BCUT2D eigenvalue weighted by Gasteiger charge is -2.06. The van der Waals surface area contributed by atoms with Crippen molar-refractivity contribution in [3.8, 4) is 0 Å². The number of halogens is 2. The monoisotopic (exact) mass is 301 g/mol. The lowest BCUT2D eigenvalue weighted by molar-refractivity contribution is -0.120. The Bertz CT molecular complexity index is 404. The molecule has 1 saturated carbocycles. The number of amides is 1. The van der Waals surface area contributed by atoms with E-state index in [2.05, 4.69) is 21.2 Å². The molecule has 1 aliphatic carbocycles. The highest BCUT2D eigenvalue weighted by Crippen LogP contribution is 2.27. The van der Waals surface area contributed by atoms with Crippen molar-refractivity contribution in [3.05, 3.63) is 33.3 Å². The lowest BCUT2D eigenvalue weighted by atomic mass is 10.1. The molecule has 1 aliphatic rings. The molecule has 4 heteroatoms. The molecule has 1 aromatic carbocycles. The highest BCUT2D eigenvalue weighted by atomic mass is 79.9. The molecule has 0 heterocycles. The average molecular weight is 303 g/mol. The Labute approximate surface area is 108 Å². The maximum absolute atomic E-state index is 11.6. The summed E-state index contributed by atoms with van der Waals surface area (Å²) in [6.07, 6.45) is 2.86. The van der Waals surface area contributed by atoms with Crippen LogP contribution in [-0.4, -0.2) is 12.5 Å². The maximum Gasteiger partial charge on any atom is 0.224 e. The summed E-state index contributed by atoms with van der Waals surface area (Å²) in [5.41, 5.74) is 0.873. The van der Waals surface area contributed by atoms with E-state index in [1.165, 1.54) is 12.8 Å². The smallest absolute Gasteiger partial charge is 0.224 e. The van der Waals surface area contributed by atoms with Crippen molar-refractivity contribution in [2.75, 3.05) is 6.54 Å². The molecule has 0 atom stereocenters. The van der Waals surface area contributed by atoms with Crippen LogP contribution in [0.5, 0.6) is 0 Å². The Morgan fingerprint density at radius 1 is 1.50 bits per heavy atom. The van der Waals surface area contributed by atoms with Gasteiger partial charge in [-0.25, -0.2) is 0 Å². The zero-order chi connectivity index (χ0) is 11.5. The Hall–Kier alpha value is -0.540. The van der Waals surface area contributed by atoms with Gasteiger partial charge in [-0.2, -0.15) is 0 Å². The van der Waals surface area contributed by atoms with Crippen LogP contribution in [0.4, 0.5) is 0 Å². The summed E-state index contributed by atoms with van der Waals surface area (Å²) in [5.74, 6) is 0.764. The van der Waals surface area contributed by atoms with E-state index in [9.17, 15) is 4.79 Å². The van der Waals surface area contributed by atoms with E-state index in [4.69, 9.17) is 11.6 Å². The molecule has 16 heavy (non-hydrogen) atoms. The number of nitrogens with one attached hydrogen (secondary N) is 1. The predicted octanol–water partition coefficient (Wildman–Crippen LogP) is 3.17. The molecule has 0 saturated heterocycles. The van der Waals surface area contributed by atoms with Gasteiger partial charge in [-0.1, -0.05) is 33.6 Å². The first-order valence-electron chi connectivity index (χ1n) is 5.36. The molecular weight excluding hydrogens is 289 g/mol. The third kappa shape index (κ3) is 3.49. The number of rotatable bonds is 4. The highest BCUT2D eigenvalue weighted by Gasteiger charge is 2.21. The van der Waals surface area contributed by atoms with Crippen molar-refractivity contribution in [2.45, 2.75) is 19.3 Å². The zero-order valence-electron chi connectivity index (χ0n) is 8.80. The van der Waals surface area contributed by atoms with Crippen LogP contribution in [0.2, 0.25) is 5.02 Å². The van der Waals surface area contributed by atoms with Crippen molar-refractivity contribution >= 4 is 33.4 Å². The zero-order valence-corrected chi connectivity index (χ0v) is 11.1. The van der Waals surface area contributed by atoms with Gasteiger partial charge in [0.2, 0.25) is 5.91 Å². The first kappa shape index (κ1) is 11.9. The number of hydrogen-bond acceptors (Lipinski definition) is 1. The van der Waals surface area contributed by atoms with Crippen LogP contribution in [0.1, 0.15) is 18.4 Å². The van der Waals surface area contributed by atoms with Crippen molar-refractivity contribution in [1.82, 2.24) is 5.32 Å². The number of carbonyl (C=O) groups excluding carboxylic acids is 1. The van der Waals surface area contributed by atoms with E-state index in [-0.39, 0.29) is 5.91 Å². The Balaban J connectivity index is 1.89. The fourth-order valence-electron chi connectivity index (χ4n) is 1.48. The second-order valence-electron chi connectivity index (χ2n) is 4.16. The van der Waals surface area contributed by atoms with Gasteiger partial charge in [-0.15, -0.1) is 0 Å². The van der Waals surface area contributed by atoms with E-state index >= 15 is 0 Å². The summed E-state index contributed by atoms with van der Waals surface area (Å²) < 4.78 is 0.930. The Kier molecular flexibility index (Phi) is 3.87. The normalized spacial score (nSPS) is 14.9. The summed E-state index contributed by atoms with van der Waals surface area (Å²) in [4.78, 5) is 11.6. The van der Waals surface area contributed by atoms with Gasteiger partial charge >= 0.3 is 0 Å². The first-order chi connectivity index (χ1) is 7.65. The fourth-order valence-corrected chi connectivity index (χ4v) is 2.22. The minimum absolute atomic E-state index is 0.0520. The standard InChI is InChI=1S/C12H13BrClNO/c13-10-4-3-9(11(14)6-10)5-12(16)15-7-8-1-2-8/h3-4,6,8H,1-2,5,7H2,(H,15,16). The van der Waals surface area contributed by atoms with Crippen LogP contribution in [0.3, 0.4) is 0 Å². The molecule has 1 N–H and O–H groups in total. The number of hydrogen-bond donors (Lipinski definition) is 1. The molecule has 2 nitrogen and oxygen atoms in total. The van der Waals surface area contributed by atoms with Gasteiger partial charge < -0.3 is 5.32 Å². The van der Waals surface area contributed by atoms with E-state index in [1.54, 1.807) is 0 Å². The molecule has 0 aromatic heterocycles. The molecule has 86 valence electrons. The highest BCUT2D eigenvalue weighted by molar-refractivity contribution is 9.10. The molecule has 0 bridgehead atoms. The van der Waals surface area contributed by atoms with Crippen molar-refractivity contribution in [2.24, 2.45) is 5.92 Å². The van der Waals surface area contributed by atoms with Gasteiger partial charge in [0.25, 0.3) is 0 Å². The minimum Gasteiger partial charge on any atom is -0.356 e. The topological polar surface area (TPSA) is 29.1 Å². The summed E-state index contributed by atoms with van der Waals surface area (Å²) in [6, 6.07) is 5.59. The molecule has 1 amide bonds. The molecule has 0 spiro atoms. The van der Waals surface area contributed by atoms with Gasteiger partial charge in [0.05, 0.1) is 6.42 Å². The quantitative estimate of drug-likeness (QED) is 0.909. The molecular formula is C12H13BrClNO. The largest absolute Gasteiger partial charge is 0.356 e. The summed E-state index contributed by atoms with van der Waals surface area (Å²) in [7, 11) is 0. The number of carbonyl (C=O) groups is 1. The Morgan fingerprint density at radius 3 is 2.88 bits per heavy atom. The van der Waals surface area contributed by atoms with Gasteiger partial charge in [0, 0.05) is 16.0 Å². The van der Waals surface area contributed by atoms with Gasteiger partial charge in [0.15, 0.2) is 0 Å². The molecule has 1 fully saturated rings. The van der Waals surface area contributed by atoms with Gasteiger partial charge in [0.1, 0.15) is 0 Å². The fraction of sp³-hybridized carbons (Fsp3) is 0.417. The molecule has 0 aliphatic heterocycles. The molecule has 0 radical (unpaired) electrons. The van der Waals surface area contributed by atoms with E-state index in [0.717, 1.165) is 16.6 Å². The number of benzene rings is 1. The summed E-state index contributed by atoms with van der Waals surface area (Å²) >= 11 is 9.37. The van der Waals surface area contributed by atoms with Crippen LogP contribution in [0, 0.1) is 5.92 Å². The third-order valence-electron chi connectivity index (χ3n) is 2.65. The minimum atomic E-state index is 0.0520. The molecule has 1 aromatic rings. The lowest BCUT2D eigenvalue weighted by Crippen LogP contribution is -2.27. The van der Waals surface area contributed by atoms with Crippen LogP contribution in [0.15, 0.2) is 22.7 Å². The van der Waals surface area contributed by atoms with Gasteiger partial charge in [-0.05, 0) is 36.5 Å². The van der Waals surface area contributed by atoms with Crippen molar-refractivity contribution in [1.29, 1.82) is 0 Å². The Morgan fingerprint density at radius 2 is 2.25 bits per heavy atom. The van der Waals surface area contributed by atoms with E-state index in [0.29, 0.717) is 17.4 Å². The second-order valence-corrected chi connectivity index (χ2v) is 5.48. The van der Waals surface area contributed by atoms with Crippen molar-refractivity contribution in [3.63, 3.8) is 0 Å². The molecule has 0 unspecified atom stereocenters. The van der Waals surface area contributed by atoms with Crippen LogP contribution in [0.25, 0.3) is 0 Å². The van der Waals surface area contributed by atoms with Crippen LogP contribution in [-0.2, 0) is 11.2 Å². The van der Waals surface area contributed by atoms with Gasteiger partial charge in [-0.3, -0.25) is 4.79 Å². The summed E-state index contributed by atoms with van der Waals surface area (Å²) in [6.45, 7) is 0.812. The van der Waals surface area contributed by atoms with Crippen LogP contribution >= 0.6 is 27.5 Å². The maximum atomic E-state index is 11.6. The van der Waals surface area contributed by atoms with E-state index < -0.39 is 0 Å². The average Bonchev–Trinajstić information content (AvgIpc) is 3.03. The second kappa shape index (κ2) is 5.19. The van der Waals surface area contributed by atoms with Crippen LogP contribution < -0.4 is 5.32 Å². The van der Waals surface area contributed by atoms with Crippen molar-refractivity contribution < 1.29 is 4.79 Å². The SMILES string of the molecule is O=C(Cc1ccc(Br)cc1Cl)NCC1CC1.